The number of likely N-dealkylation sites (tertiary alicyclic amines) is 1. The number of benzene rings is 1. The highest BCUT2D eigenvalue weighted by Gasteiger charge is 2.21. The van der Waals surface area contributed by atoms with Crippen molar-refractivity contribution in [2.24, 2.45) is 0 Å². The van der Waals surface area contributed by atoms with Crippen LogP contribution in [0.2, 0.25) is 0 Å². The lowest BCUT2D eigenvalue weighted by Crippen LogP contribution is -2.45. The Balaban J connectivity index is 1.84. The molecular formula is C15H24N2O. The SMILES string of the molecule is COc1cccc(CNC2CCN(C)C(C)C2)c1. The average molecular weight is 248 g/mol. The van der Waals surface area contributed by atoms with E-state index in [4.69, 9.17) is 4.74 Å². The molecule has 100 valence electrons. The summed E-state index contributed by atoms with van der Waals surface area (Å²) in [5.74, 6) is 0.936. The van der Waals surface area contributed by atoms with Crippen molar-refractivity contribution >= 4 is 0 Å². The lowest BCUT2D eigenvalue weighted by Gasteiger charge is -2.35. The highest BCUT2D eigenvalue weighted by atomic mass is 16.5. The van der Waals surface area contributed by atoms with E-state index in [1.54, 1.807) is 7.11 Å². The number of hydrogen-bond donors (Lipinski definition) is 1. The van der Waals surface area contributed by atoms with Crippen molar-refractivity contribution in [1.82, 2.24) is 10.2 Å². The molecular weight excluding hydrogens is 224 g/mol. The third-order valence-electron chi connectivity index (χ3n) is 3.94. The summed E-state index contributed by atoms with van der Waals surface area (Å²) in [6.45, 7) is 4.43. The molecule has 1 heterocycles. The molecule has 1 saturated heterocycles. The molecule has 1 aliphatic rings. The molecule has 1 fully saturated rings. The average Bonchev–Trinajstić information content (AvgIpc) is 2.40. The van der Waals surface area contributed by atoms with E-state index in [1.807, 2.05) is 12.1 Å². The van der Waals surface area contributed by atoms with E-state index in [1.165, 1.54) is 24.9 Å². The molecule has 0 radical (unpaired) electrons. The van der Waals surface area contributed by atoms with Gasteiger partial charge in [0.15, 0.2) is 0 Å². The van der Waals surface area contributed by atoms with E-state index in [0.717, 1.165) is 12.3 Å². The summed E-state index contributed by atoms with van der Waals surface area (Å²) in [4.78, 5) is 2.43. The van der Waals surface area contributed by atoms with Crippen molar-refractivity contribution in [3.63, 3.8) is 0 Å². The van der Waals surface area contributed by atoms with Crippen molar-refractivity contribution < 1.29 is 4.74 Å². The van der Waals surface area contributed by atoms with Gasteiger partial charge >= 0.3 is 0 Å². The topological polar surface area (TPSA) is 24.5 Å². The Morgan fingerprint density at radius 2 is 2.28 bits per heavy atom. The minimum Gasteiger partial charge on any atom is -0.497 e. The van der Waals surface area contributed by atoms with E-state index in [0.29, 0.717) is 12.1 Å². The van der Waals surface area contributed by atoms with Crippen LogP contribution < -0.4 is 10.1 Å². The Morgan fingerprint density at radius 1 is 1.44 bits per heavy atom. The second-order valence-electron chi connectivity index (χ2n) is 5.28. The fourth-order valence-electron chi connectivity index (χ4n) is 2.52. The van der Waals surface area contributed by atoms with Gasteiger partial charge in [0.05, 0.1) is 7.11 Å². The van der Waals surface area contributed by atoms with Crippen LogP contribution in [-0.4, -0.2) is 37.7 Å². The number of ether oxygens (including phenoxy) is 1. The molecule has 1 aromatic rings. The van der Waals surface area contributed by atoms with Crippen molar-refractivity contribution in [1.29, 1.82) is 0 Å². The van der Waals surface area contributed by atoms with E-state index >= 15 is 0 Å². The summed E-state index contributed by atoms with van der Waals surface area (Å²) in [6, 6.07) is 9.61. The van der Waals surface area contributed by atoms with Crippen LogP contribution >= 0.6 is 0 Å². The van der Waals surface area contributed by atoms with E-state index in [9.17, 15) is 0 Å². The van der Waals surface area contributed by atoms with Crippen LogP contribution in [0.1, 0.15) is 25.3 Å². The first kappa shape index (κ1) is 13.4. The fraction of sp³-hybridized carbons (Fsp3) is 0.600. The molecule has 3 nitrogen and oxygen atoms in total. The Bertz CT molecular complexity index is 381. The van der Waals surface area contributed by atoms with Gasteiger partial charge in [0.2, 0.25) is 0 Å². The molecule has 1 N–H and O–H groups in total. The van der Waals surface area contributed by atoms with Gasteiger partial charge < -0.3 is 15.0 Å². The van der Waals surface area contributed by atoms with Gasteiger partial charge in [-0.2, -0.15) is 0 Å². The Morgan fingerprint density at radius 3 is 3.00 bits per heavy atom. The molecule has 0 aromatic heterocycles. The standard InChI is InChI=1S/C15H24N2O/c1-12-9-14(7-8-17(12)2)16-11-13-5-4-6-15(10-13)18-3/h4-6,10,12,14,16H,7-9,11H2,1-3H3. The number of nitrogens with zero attached hydrogens (tertiary/aromatic N) is 1. The smallest absolute Gasteiger partial charge is 0.119 e. The largest absolute Gasteiger partial charge is 0.497 e. The van der Waals surface area contributed by atoms with Crippen LogP contribution in [0.25, 0.3) is 0 Å². The van der Waals surface area contributed by atoms with Gasteiger partial charge in [-0.15, -0.1) is 0 Å². The predicted molar refractivity (Wildman–Crippen MR) is 74.9 cm³/mol. The molecule has 2 unspecified atom stereocenters. The molecule has 0 bridgehead atoms. The zero-order valence-electron chi connectivity index (χ0n) is 11.6. The summed E-state index contributed by atoms with van der Waals surface area (Å²) in [5.41, 5.74) is 1.29. The molecule has 0 amide bonds. The fourth-order valence-corrected chi connectivity index (χ4v) is 2.52. The Hall–Kier alpha value is -1.06. The number of rotatable bonds is 4. The molecule has 3 heteroatoms. The van der Waals surface area contributed by atoms with E-state index < -0.39 is 0 Å². The molecule has 0 spiro atoms. The lowest BCUT2D eigenvalue weighted by molar-refractivity contribution is 0.168. The van der Waals surface area contributed by atoms with E-state index in [-0.39, 0.29) is 0 Å². The van der Waals surface area contributed by atoms with Crippen molar-refractivity contribution in [3.05, 3.63) is 29.8 Å². The summed E-state index contributed by atoms with van der Waals surface area (Å²) < 4.78 is 5.24. The number of piperidine rings is 1. The van der Waals surface area contributed by atoms with Gasteiger partial charge in [-0.3, -0.25) is 0 Å². The Kier molecular flexibility index (Phi) is 4.61. The van der Waals surface area contributed by atoms with Crippen molar-refractivity contribution in [2.45, 2.75) is 38.4 Å². The summed E-state index contributed by atoms with van der Waals surface area (Å²) in [6.07, 6.45) is 2.48. The van der Waals surface area contributed by atoms with Gasteiger partial charge in [0.1, 0.15) is 5.75 Å². The quantitative estimate of drug-likeness (QED) is 0.884. The third kappa shape index (κ3) is 3.47. The number of methoxy groups -OCH3 is 1. The third-order valence-corrected chi connectivity index (χ3v) is 3.94. The van der Waals surface area contributed by atoms with Gasteiger partial charge in [0, 0.05) is 18.6 Å². The Labute approximate surface area is 110 Å². The number of hydrogen-bond acceptors (Lipinski definition) is 3. The molecule has 2 rings (SSSR count). The van der Waals surface area contributed by atoms with Crippen LogP contribution in [0.15, 0.2) is 24.3 Å². The van der Waals surface area contributed by atoms with Crippen LogP contribution in [-0.2, 0) is 6.54 Å². The van der Waals surface area contributed by atoms with Gasteiger partial charge in [-0.1, -0.05) is 12.1 Å². The minimum absolute atomic E-state index is 0.641. The molecule has 2 atom stereocenters. The van der Waals surface area contributed by atoms with Crippen molar-refractivity contribution in [2.75, 3.05) is 20.7 Å². The maximum Gasteiger partial charge on any atom is 0.119 e. The van der Waals surface area contributed by atoms with Crippen LogP contribution in [0.4, 0.5) is 0 Å². The number of nitrogens with one attached hydrogen (secondary N) is 1. The minimum atomic E-state index is 0.641. The molecule has 1 aliphatic heterocycles. The maximum absolute atomic E-state index is 5.24. The van der Waals surface area contributed by atoms with Crippen LogP contribution in [0, 0.1) is 0 Å². The maximum atomic E-state index is 5.24. The summed E-state index contributed by atoms with van der Waals surface area (Å²) in [7, 11) is 3.92. The highest BCUT2D eigenvalue weighted by Crippen LogP contribution is 2.17. The van der Waals surface area contributed by atoms with Gasteiger partial charge in [0.25, 0.3) is 0 Å². The second kappa shape index (κ2) is 6.21. The normalized spacial score (nSPS) is 25.1. The molecule has 0 saturated carbocycles. The predicted octanol–water partition coefficient (Wildman–Crippen LogP) is 2.27. The van der Waals surface area contributed by atoms with Crippen LogP contribution in [0.5, 0.6) is 5.75 Å². The monoisotopic (exact) mass is 248 g/mol. The second-order valence-corrected chi connectivity index (χ2v) is 5.28. The van der Waals surface area contributed by atoms with Crippen LogP contribution in [0.3, 0.4) is 0 Å². The van der Waals surface area contributed by atoms with Crippen molar-refractivity contribution in [3.8, 4) is 5.75 Å². The summed E-state index contributed by atoms with van der Waals surface area (Å²) >= 11 is 0. The zero-order valence-corrected chi connectivity index (χ0v) is 11.6. The van der Waals surface area contributed by atoms with Gasteiger partial charge in [-0.25, -0.2) is 0 Å². The lowest BCUT2D eigenvalue weighted by atomic mass is 9.99. The van der Waals surface area contributed by atoms with Gasteiger partial charge in [-0.05, 0) is 51.1 Å². The molecule has 18 heavy (non-hydrogen) atoms. The zero-order chi connectivity index (χ0) is 13.0. The molecule has 1 aromatic carbocycles. The first-order chi connectivity index (χ1) is 8.69. The summed E-state index contributed by atoms with van der Waals surface area (Å²) in [5, 5.41) is 3.66. The highest BCUT2D eigenvalue weighted by molar-refractivity contribution is 5.28. The molecule has 0 aliphatic carbocycles. The first-order valence-corrected chi connectivity index (χ1v) is 6.75. The van der Waals surface area contributed by atoms with E-state index in [2.05, 4.69) is 36.3 Å². The first-order valence-electron chi connectivity index (χ1n) is 6.75.